The Morgan fingerprint density at radius 3 is 2.85 bits per heavy atom. The van der Waals surface area contributed by atoms with Gasteiger partial charge >= 0.3 is 0 Å². The quantitative estimate of drug-likeness (QED) is 0.262. The lowest BCUT2D eigenvalue weighted by molar-refractivity contribution is -0.0885. The normalized spacial score (nSPS) is 29.6. The van der Waals surface area contributed by atoms with Crippen LogP contribution in [0.3, 0.4) is 0 Å². The smallest absolute Gasteiger partial charge is 0.164 e. The van der Waals surface area contributed by atoms with Crippen molar-refractivity contribution in [2.45, 2.75) is 35.7 Å². The van der Waals surface area contributed by atoms with Gasteiger partial charge in [-0.3, -0.25) is 0 Å². The highest BCUT2D eigenvalue weighted by Crippen LogP contribution is 2.54. The largest absolute Gasteiger partial charge is 0.387 e. The van der Waals surface area contributed by atoms with E-state index in [0.29, 0.717) is 33.5 Å². The van der Waals surface area contributed by atoms with Crippen molar-refractivity contribution in [3.63, 3.8) is 0 Å². The van der Waals surface area contributed by atoms with Gasteiger partial charge in [0.1, 0.15) is 40.1 Å². The fraction of sp³-hybridized carbons (Fsp3) is 0.318. The first-order valence-corrected chi connectivity index (χ1v) is 12.8. The first kappa shape index (κ1) is 22.0. The van der Waals surface area contributed by atoms with Gasteiger partial charge in [0.05, 0.1) is 15.4 Å². The number of aliphatic hydroxyl groups is 2. The van der Waals surface area contributed by atoms with Crippen LogP contribution in [0.25, 0.3) is 21.9 Å². The summed E-state index contributed by atoms with van der Waals surface area (Å²) < 4.78 is 8.86. The van der Waals surface area contributed by atoms with Crippen molar-refractivity contribution in [2.75, 3.05) is 5.75 Å². The standard InChI is InChI=1S/C22H17BrCl2N4O3S/c23-13-5-10-1-2-11(6-14(10)28-19(13)25)15-7-22(8-33-15)17(31)16(30)21(32-22)29-4-3-12-18(24)26-9-27-20(12)29/h1-6,9,15-17,21,30-31H,7-8H2. The van der Waals surface area contributed by atoms with E-state index in [4.69, 9.17) is 27.9 Å². The van der Waals surface area contributed by atoms with Crippen molar-refractivity contribution in [3.05, 3.63) is 63.2 Å². The van der Waals surface area contributed by atoms with Gasteiger partial charge in [0, 0.05) is 22.6 Å². The third-order valence-corrected chi connectivity index (χ3v) is 9.35. The van der Waals surface area contributed by atoms with Gasteiger partial charge in [-0.15, -0.1) is 0 Å². The summed E-state index contributed by atoms with van der Waals surface area (Å²) in [4.78, 5) is 12.8. The third kappa shape index (κ3) is 3.48. The topological polar surface area (TPSA) is 93.3 Å². The Labute approximate surface area is 211 Å². The van der Waals surface area contributed by atoms with Crippen molar-refractivity contribution in [2.24, 2.45) is 0 Å². The maximum atomic E-state index is 11.1. The molecule has 0 amide bonds. The van der Waals surface area contributed by atoms with Crippen LogP contribution in [0.1, 0.15) is 23.5 Å². The maximum absolute atomic E-state index is 11.1. The number of benzene rings is 1. The molecule has 170 valence electrons. The van der Waals surface area contributed by atoms with E-state index in [1.54, 1.807) is 28.6 Å². The Hall–Kier alpha value is -1.46. The van der Waals surface area contributed by atoms with Crippen LogP contribution in [0.5, 0.6) is 0 Å². The van der Waals surface area contributed by atoms with Crippen LogP contribution in [0.15, 0.2) is 47.3 Å². The summed E-state index contributed by atoms with van der Waals surface area (Å²) in [6, 6.07) is 9.83. The van der Waals surface area contributed by atoms with Crippen LogP contribution in [0.2, 0.25) is 10.3 Å². The molecule has 3 aromatic heterocycles. The molecule has 5 heterocycles. The minimum atomic E-state index is -1.11. The Bertz CT molecular complexity index is 1410. The fourth-order valence-corrected chi connectivity index (χ4v) is 6.98. The van der Waals surface area contributed by atoms with Crippen LogP contribution >= 0.6 is 50.9 Å². The minimum Gasteiger partial charge on any atom is -0.387 e. The second-order valence-corrected chi connectivity index (χ2v) is 11.1. The average molecular weight is 568 g/mol. The molecule has 2 aliphatic rings. The molecule has 2 saturated heterocycles. The summed E-state index contributed by atoms with van der Waals surface area (Å²) in [5, 5.41) is 24.5. The molecular formula is C22H17BrCl2N4O3S. The van der Waals surface area contributed by atoms with E-state index in [1.165, 1.54) is 6.33 Å². The summed E-state index contributed by atoms with van der Waals surface area (Å²) in [6.45, 7) is 0. The first-order valence-electron chi connectivity index (χ1n) is 10.2. The minimum absolute atomic E-state index is 0.0809. The van der Waals surface area contributed by atoms with Gasteiger partial charge < -0.3 is 19.5 Å². The zero-order chi connectivity index (χ0) is 22.9. The summed E-state index contributed by atoms with van der Waals surface area (Å²) in [7, 11) is 0. The molecule has 5 atom stereocenters. The summed E-state index contributed by atoms with van der Waals surface area (Å²) in [5.41, 5.74) is 1.56. The van der Waals surface area contributed by atoms with Gasteiger partial charge in [0.2, 0.25) is 0 Å². The second kappa shape index (κ2) is 8.05. The van der Waals surface area contributed by atoms with Crippen molar-refractivity contribution in [1.29, 1.82) is 0 Å². The van der Waals surface area contributed by atoms with Crippen molar-refractivity contribution in [3.8, 4) is 0 Å². The second-order valence-electron chi connectivity index (χ2n) is 8.35. The SMILES string of the molecule is OC1C(n2ccc3c(Cl)ncnc32)OC2(CSC(c3ccc4cc(Br)c(Cl)nc4c3)C2)C1O. The Morgan fingerprint density at radius 1 is 1.15 bits per heavy atom. The van der Waals surface area contributed by atoms with Crippen molar-refractivity contribution in [1.82, 2.24) is 19.5 Å². The number of hydrogen-bond donors (Lipinski definition) is 2. The lowest BCUT2D eigenvalue weighted by Gasteiger charge is -2.26. The number of ether oxygens (including phenoxy) is 1. The highest BCUT2D eigenvalue weighted by molar-refractivity contribution is 9.10. The molecule has 11 heteroatoms. The monoisotopic (exact) mass is 566 g/mol. The molecule has 1 aromatic carbocycles. The molecule has 5 unspecified atom stereocenters. The van der Waals surface area contributed by atoms with Crippen LogP contribution in [0, 0.1) is 0 Å². The molecule has 4 aromatic rings. The van der Waals surface area contributed by atoms with Gasteiger partial charge in [-0.05, 0) is 46.1 Å². The number of aliphatic hydroxyl groups excluding tert-OH is 2. The van der Waals surface area contributed by atoms with E-state index in [2.05, 4.69) is 36.9 Å². The van der Waals surface area contributed by atoms with Crippen molar-refractivity contribution >= 4 is 72.8 Å². The van der Waals surface area contributed by atoms with Gasteiger partial charge in [-0.1, -0.05) is 35.3 Å². The highest BCUT2D eigenvalue weighted by atomic mass is 79.9. The lowest BCUT2D eigenvalue weighted by Crippen LogP contribution is -2.43. The molecule has 6 rings (SSSR count). The summed E-state index contributed by atoms with van der Waals surface area (Å²) in [5.74, 6) is 0.549. The molecule has 0 bridgehead atoms. The van der Waals surface area contributed by atoms with Gasteiger partial charge in [-0.2, -0.15) is 11.8 Å². The van der Waals surface area contributed by atoms with Gasteiger partial charge in [-0.25, -0.2) is 15.0 Å². The van der Waals surface area contributed by atoms with Gasteiger partial charge in [0.15, 0.2) is 6.23 Å². The molecule has 0 saturated carbocycles. The molecule has 7 nitrogen and oxygen atoms in total. The van der Waals surface area contributed by atoms with Crippen molar-refractivity contribution < 1.29 is 14.9 Å². The zero-order valence-electron chi connectivity index (χ0n) is 16.9. The van der Waals surface area contributed by atoms with E-state index < -0.39 is 24.0 Å². The molecule has 2 aliphatic heterocycles. The van der Waals surface area contributed by atoms with E-state index in [1.807, 2.05) is 18.2 Å². The van der Waals surface area contributed by atoms with E-state index in [0.717, 1.165) is 20.9 Å². The number of thioether (sulfide) groups is 1. The summed E-state index contributed by atoms with van der Waals surface area (Å²) in [6.07, 6.45) is 0.742. The molecular weight excluding hydrogens is 551 g/mol. The van der Waals surface area contributed by atoms with E-state index >= 15 is 0 Å². The third-order valence-electron chi connectivity index (χ3n) is 6.43. The summed E-state index contributed by atoms with van der Waals surface area (Å²) >= 11 is 17.5. The number of hydrogen-bond acceptors (Lipinski definition) is 7. The number of aromatic nitrogens is 4. The van der Waals surface area contributed by atoms with E-state index in [-0.39, 0.29) is 5.25 Å². The van der Waals surface area contributed by atoms with Crippen LogP contribution in [-0.4, -0.2) is 53.3 Å². The van der Waals surface area contributed by atoms with Crippen LogP contribution in [0.4, 0.5) is 0 Å². The molecule has 1 spiro atoms. The number of pyridine rings is 1. The number of halogens is 3. The maximum Gasteiger partial charge on any atom is 0.164 e. The molecule has 2 fully saturated rings. The lowest BCUT2D eigenvalue weighted by atomic mass is 9.90. The van der Waals surface area contributed by atoms with Crippen LogP contribution in [-0.2, 0) is 4.74 Å². The molecule has 0 radical (unpaired) electrons. The average Bonchev–Trinajstić information content (AvgIpc) is 3.48. The number of rotatable bonds is 2. The highest BCUT2D eigenvalue weighted by Gasteiger charge is 2.58. The molecule has 33 heavy (non-hydrogen) atoms. The number of fused-ring (bicyclic) bond motifs is 2. The Balaban J connectivity index is 1.30. The van der Waals surface area contributed by atoms with Crippen LogP contribution < -0.4 is 0 Å². The predicted octanol–water partition coefficient (Wildman–Crippen LogP) is 4.92. The first-order chi connectivity index (χ1) is 15.9. The van der Waals surface area contributed by atoms with Gasteiger partial charge in [0.25, 0.3) is 0 Å². The Kier molecular flexibility index (Phi) is 5.37. The zero-order valence-corrected chi connectivity index (χ0v) is 20.8. The fourth-order valence-electron chi connectivity index (χ4n) is 4.72. The molecule has 0 aliphatic carbocycles. The number of nitrogens with zero attached hydrogens (tertiary/aromatic N) is 4. The predicted molar refractivity (Wildman–Crippen MR) is 132 cm³/mol. The molecule has 2 N–H and O–H groups in total. The Morgan fingerprint density at radius 2 is 2.00 bits per heavy atom. The van der Waals surface area contributed by atoms with E-state index in [9.17, 15) is 10.2 Å².